The van der Waals surface area contributed by atoms with Crippen LogP contribution >= 0.6 is 11.6 Å². The normalized spacial score (nSPS) is 12.7. The third-order valence-corrected chi connectivity index (χ3v) is 4.02. The zero-order valence-corrected chi connectivity index (χ0v) is 14.6. The van der Waals surface area contributed by atoms with Crippen LogP contribution in [0.2, 0.25) is 5.02 Å². The average molecular weight is 346 g/mol. The van der Waals surface area contributed by atoms with Gasteiger partial charge in [-0.05, 0) is 30.5 Å². The van der Waals surface area contributed by atoms with Crippen LogP contribution in [0.25, 0.3) is 11.0 Å². The first-order valence-corrected chi connectivity index (χ1v) is 8.29. The highest BCUT2D eigenvalue weighted by atomic mass is 35.5. The van der Waals surface area contributed by atoms with Gasteiger partial charge in [0.05, 0.1) is 12.2 Å². The van der Waals surface area contributed by atoms with Crippen LogP contribution in [0.15, 0.2) is 35.3 Å². The summed E-state index contributed by atoms with van der Waals surface area (Å²) < 4.78 is 1.77. The summed E-state index contributed by atoms with van der Waals surface area (Å²) in [6.45, 7) is 6.91. The first-order valence-electron chi connectivity index (χ1n) is 7.92. The number of nitrogens with zero attached hydrogens (tertiary/aromatic N) is 3. The van der Waals surface area contributed by atoms with Crippen molar-refractivity contribution in [2.24, 2.45) is 5.92 Å². The smallest absolute Gasteiger partial charge is 0.263 e. The fourth-order valence-electron chi connectivity index (χ4n) is 2.55. The fourth-order valence-corrected chi connectivity index (χ4v) is 2.68. The Labute approximate surface area is 144 Å². The Morgan fingerprint density at radius 2 is 1.96 bits per heavy atom. The van der Waals surface area contributed by atoms with E-state index < -0.39 is 0 Å². The summed E-state index contributed by atoms with van der Waals surface area (Å²) in [6.07, 6.45) is 1.57. The lowest BCUT2D eigenvalue weighted by Crippen LogP contribution is -2.16. The number of anilines is 1. The lowest BCUT2D eigenvalue weighted by Gasteiger charge is -2.15. The molecule has 6 nitrogen and oxygen atoms in total. The van der Waals surface area contributed by atoms with Gasteiger partial charge in [-0.2, -0.15) is 10.1 Å². The van der Waals surface area contributed by atoms with Crippen LogP contribution in [-0.4, -0.2) is 19.7 Å². The number of nitrogens with one attached hydrogen (secondary N) is 2. The van der Waals surface area contributed by atoms with Crippen molar-refractivity contribution in [3.8, 4) is 0 Å². The molecule has 7 heteroatoms. The Morgan fingerprint density at radius 1 is 1.25 bits per heavy atom. The molecule has 0 aliphatic rings. The highest BCUT2D eigenvalue weighted by molar-refractivity contribution is 6.30. The lowest BCUT2D eigenvalue weighted by atomic mass is 10.1. The maximum atomic E-state index is 12.3. The number of aromatic amines is 1. The summed E-state index contributed by atoms with van der Waals surface area (Å²) in [4.78, 5) is 19.6. The summed E-state index contributed by atoms with van der Waals surface area (Å²) in [5.41, 5.74) is 1.46. The summed E-state index contributed by atoms with van der Waals surface area (Å²) in [5.74, 6) is 0.846. The van der Waals surface area contributed by atoms with Gasteiger partial charge in [0.1, 0.15) is 5.39 Å². The number of aromatic nitrogens is 4. The average Bonchev–Trinajstić information content (AvgIpc) is 2.91. The second-order valence-electron chi connectivity index (χ2n) is 6.29. The van der Waals surface area contributed by atoms with E-state index in [2.05, 4.69) is 34.2 Å². The van der Waals surface area contributed by atoms with Gasteiger partial charge >= 0.3 is 0 Å². The second-order valence-corrected chi connectivity index (χ2v) is 6.73. The summed E-state index contributed by atoms with van der Waals surface area (Å²) >= 11 is 5.92. The van der Waals surface area contributed by atoms with Gasteiger partial charge in [0.2, 0.25) is 5.95 Å². The number of hydrogen-bond donors (Lipinski definition) is 2. The van der Waals surface area contributed by atoms with E-state index in [1.807, 2.05) is 31.2 Å². The highest BCUT2D eigenvalue weighted by Crippen LogP contribution is 2.19. The van der Waals surface area contributed by atoms with Crippen molar-refractivity contribution in [3.63, 3.8) is 0 Å². The van der Waals surface area contributed by atoms with Crippen LogP contribution in [0.5, 0.6) is 0 Å². The molecule has 126 valence electrons. The van der Waals surface area contributed by atoms with Crippen LogP contribution < -0.4 is 10.9 Å². The Morgan fingerprint density at radius 3 is 2.62 bits per heavy atom. The predicted molar refractivity (Wildman–Crippen MR) is 96.5 cm³/mol. The highest BCUT2D eigenvalue weighted by Gasteiger charge is 2.13. The van der Waals surface area contributed by atoms with Crippen molar-refractivity contribution >= 4 is 28.6 Å². The second kappa shape index (κ2) is 6.65. The van der Waals surface area contributed by atoms with E-state index in [9.17, 15) is 4.79 Å². The topological polar surface area (TPSA) is 75.6 Å². The summed E-state index contributed by atoms with van der Waals surface area (Å²) in [6, 6.07) is 7.54. The molecule has 1 atom stereocenters. The van der Waals surface area contributed by atoms with Gasteiger partial charge in [0, 0.05) is 11.6 Å². The number of H-pyrrole nitrogens is 1. The molecule has 1 aromatic carbocycles. The molecule has 1 unspecified atom stereocenters. The molecular weight excluding hydrogens is 326 g/mol. The first-order chi connectivity index (χ1) is 11.4. The van der Waals surface area contributed by atoms with E-state index in [1.54, 1.807) is 10.9 Å². The molecule has 0 aliphatic carbocycles. The zero-order valence-electron chi connectivity index (χ0n) is 13.9. The maximum absolute atomic E-state index is 12.3. The molecule has 3 aromatic rings. The molecule has 2 heterocycles. The fraction of sp³-hybridized carbons (Fsp3) is 0.353. The van der Waals surface area contributed by atoms with Gasteiger partial charge in [-0.1, -0.05) is 37.6 Å². The maximum Gasteiger partial charge on any atom is 0.263 e. The number of fused-ring (bicyclic) bond motifs is 1. The van der Waals surface area contributed by atoms with Crippen LogP contribution in [-0.2, 0) is 6.54 Å². The zero-order chi connectivity index (χ0) is 17.3. The third-order valence-electron chi connectivity index (χ3n) is 3.77. The van der Waals surface area contributed by atoms with Crippen molar-refractivity contribution in [1.29, 1.82) is 0 Å². The summed E-state index contributed by atoms with van der Waals surface area (Å²) in [7, 11) is 0. The van der Waals surface area contributed by atoms with Crippen molar-refractivity contribution in [3.05, 3.63) is 51.4 Å². The third kappa shape index (κ3) is 3.43. The molecule has 0 amide bonds. The molecule has 0 radical (unpaired) electrons. The predicted octanol–water partition coefficient (Wildman–Crippen LogP) is 3.60. The molecule has 0 fully saturated rings. The molecule has 0 bridgehead atoms. The molecule has 2 N–H and O–H groups in total. The van der Waals surface area contributed by atoms with E-state index in [1.165, 1.54) is 0 Å². The monoisotopic (exact) mass is 345 g/mol. The Hall–Kier alpha value is -2.34. The van der Waals surface area contributed by atoms with Crippen molar-refractivity contribution < 1.29 is 0 Å². The van der Waals surface area contributed by atoms with E-state index in [0.717, 1.165) is 5.56 Å². The number of halogens is 1. The molecule has 0 spiro atoms. The number of rotatable bonds is 5. The van der Waals surface area contributed by atoms with Gasteiger partial charge in [-0.3, -0.25) is 9.78 Å². The van der Waals surface area contributed by atoms with Gasteiger partial charge in [-0.15, -0.1) is 0 Å². The van der Waals surface area contributed by atoms with Gasteiger partial charge in [-0.25, -0.2) is 4.68 Å². The molecule has 0 saturated carbocycles. The van der Waals surface area contributed by atoms with Crippen molar-refractivity contribution in [2.75, 3.05) is 5.32 Å². The first kappa shape index (κ1) is 16.5. The van der Waals surface area contributed by atoms with Gasteiger partial charge < -0.3 is 5.32 Å². The Bertz CT molecular complexity index is 897. The largest absolute Gasteiger partial charge is 0.349 e. The molecular formula is C17H20ClN5O. The minimum absolute atomic E-state index is 0.0238. The number of hydrogen-bond acceptors (Lipinski definition) is 4. The van der Waals surface area contributed by atoms with E-state index in [4.69, 9.17) is 11.6 Å². The Balaban J connectivity index is 1.91. The van der Waals surface area contributed by atoms with Gasteiger partial charge in [0.25, 0.3) is 5.56 Å². The Kier molecular flexibility index (Phi) is 4.57. The van der Waals surface area contributed by atoms with Crippen LogP contribution in [0, 0.1) is 5.92 Å². The van der Waals surface area contributed by atoms with Crippen LogP contribution in [0.3, 0.4) is 0 Å². The molecule has 0 aliphatic heterocycles. The van der Waals surface area contributed by atoms with Gasteiger partial charge in [0.15, 0.2) is 5.65 Å². The standard InChI is InChI=1S/C17H20ClN5O/c1-10(2)9-23-15-14(8-19-23)16(24)22-17(21-15)20-11(3)12-4-6-13(18)7-5-12/h4-8,10-11H,9H2,1-3H3,(H2,20,21,22,24). The van der Waals surface area contributed by atoms with Crippen molar-refractivity contribution in [2.45, 2.75) is 33.4 Å². The van der Waals surface area contributed by atoms with E-state index >= 15 is 0 Å². The molecule has 2 aromatic heterocycles. The minimum atomic E-state index is -0.194. The quantitative estimate of drug-likeness (QED) is 0.740. The SMILES string of the molecule is CC(C)Cn1ncc2c(=O)[nH]c(NC(C)c3ccc(Cl)cc3)nc21. The van der Waals surface area contributed by atoms with E-state index in [-0.39, 0.29) is 11.6 Å². The summed E-state index contributed by atoms with van der Waals surface area (Å²) in [5, 5.41) is 8.70. The molecule has 3 rings (SSSR count). The van der Waals surface area contributed by atoms with Crippen LogP contribution in [0.1, 0.15) is 32.4 Å². The lowest BCUT2D eigenvalue weighted by molar-refractivity contribution is 0.492. The van der Waals surface area contributed by atoms with E-state index in [0.29, 0.717) is 34.5 Å². The van der Waals surface area contributed by atoms with Crippen LogP contribution in [0.4, 0.5) is 5.95 Å². The van der Waals surface area contributed by atoms with Crippen molar-refractivity contribution in [1.82, 2.24) is 19.7 Å². The number of benzene rings is 1. The molecule has 0 saturated heterocycles. The minimum Gasteiger partial charge on any atom is -0.349 e. The molecule has 24 heavy (non-hydrogen) atoms.